The third-order valence-corrected chi connectivity index (χ3v) is 4.59. The van der Waals surface area contributed by atoms with E-state index in [2.05, 4.69) is 44.4 Å². The zero-order valence-corrected chi connectivity index (χ0v) is 13.7. The van der Waals surface area contributed by atoms with E-state index >= 15 is 0 Å². The van der Waals surface area contributed by atoms with E-state index in [1.165, 1.54) is 11.1 Å². The van der Waals surface area contributed by atoms with E-state index < -0.39 is 0 Å². The molecule has 1 aliphatic rings. The summed E-state index contributed by atoms with van der Waals surface area (Å²) in [6.45, 7) is 5.23. The highest BCUT2D eigenvalue weighted by Gasteiger charge is 2.28. The predicted molar refractivity (Wildman–Crippen MR) is 91.3 cm³/mol. The summed E-state index contributed by atoms with van der Waals surface area (Å²) in [6.07, 6.45) is 3.80. The molecule has 0 aliphatic carbocycles. The number of aromatic amines is 2. The van der Waals surface area contributed by atoms with Gasteiger partial charge in [0.25, 0.3) is 0 Å². The van der Waals surface area contributed by atoms with Crippen LogP contribution in [0.4, 0.5) is 0 Å². The van der Waals surface area contributed by atoms with Crippen LogP contribution < -0.4 is 0 Å². The minimum absolute atomic E-state index is 0.194. The quantitative estimate of drug-likeness (QED) is 0.774. The molecule has 124 valence electrons. The lowest BCUT2D eigenvalue weighted by atomic mass is 10.0. The van der Waals surface area contributed by atoms with Crippen LogP contribution in [0.25, 0.3) is 11.3 Å². The van der Waals surface area contributed by atoms with Crippen molar-refractivity contribution < 1.29 is 4.74 Å². The first-order valence-electron chi connectivity index (χ1n) is 8.22. The smallest absolute Gasteiger partial charge is 0.0758 e. The molecule has 3 aromatic rings. The Morgan fingerprint density at radius 2 is 2.00 bits per heavy atom. The van der Waals surface area contributed by atoms with Crippen molar-refractivity contribution in [2.45, 2.75) is 19.5 Å². The molecule has 1 saturated heterocycles. The molecule has 0 spiro atoms. The zero-order chi connectivity index (χ0) is 16.4. The fourth-order valence-corrected chi connectivity index (χ4v) is 3.29. The van der Waals surface area contributed by atoms with Gasteiger partial charge in [0.15, 0.2) is 0 Å². The lowest BCUT2D eigenvalue weighted by molar-refractivity contribution is -0.0144. The summed E-state index contributed by atoms with van der Waals surface area (Å²) >= 11 is 0. The highest BCUT2D eigenvalue weighted by molar-refractivity contribution is 5.62. The van der Waals surface area contributed by atoms with Crippen LogP contribution in [0.15, 0.2) is 42.7 Å². The molecule has 6 nitrogen and oxygen atoms in total. The highest BCUT2D eigenvalue weighted by atomic mass is 16.5. The van der Waals surface area contributed by atoms with Crippen molar-refractivity contribution >= 4 is 0 Å². The Bertz CT molecular complexity index is 795. The fourth-order valence-electron chi connectivity index (χ4n) is 3.29. The summed E-state index contributed by atoms with van der Waals surface area (Å²) < 4.78 is 5.71. The number of aromatic nitrogens is 4. The number of benzene rings is 1. The molecule has 1 aliphatic heterocycles. The summed E-state index contributed by atoms with van der Waals surface area (Å²) in [6, 6.07) is 10.5. The molecular weight excluding hydrogens is 302 g/mol. The van der Waals surface area contributed by atoms with E-state index in [-0.39, 0.29) is 6.04 Å². The topological polar surface area (TPSA) is 69.8 Å². The summed E-state index contributed by atoms with van der Waals surface area (Å²) in [4.78, 5) is 2.43. The largest absolute Gasteiger partial charge is 0.378 e. The molecular formula is C18H21N5O. The number of hydrogen-bond donors (Lipinski definition) is 2. The van der Waals surface area contributed by atoms with Gasteiger partial charge < -0.3 is 4.74 Å². The van der Waals surface area contributed by atoms with Crippen molar-refractivity contribution in [1.29, 1.82) is 0 Å². The Hall–Kier alpha value is -2.44. The van der Waals surface area contributed by atoms with Gasteiger partial charge in [-0.05, 0) is 18.1 Å². The summed E-state index contributed by atoms with van der Waals surface area (Å²) in [5.74, 6) is 0. The van der Waals surface area contributed by atoms with Gasteiger partial charge in [0, 0.05) is 18.7 Å². The lowest BCUT2D eigenvalue weighted by Gasteiger charge is -2.35. The molecule has 0 bridgehead atoms. The third-order valence-electron chi connectivity index (χ3n) is 4.59. The molecule has 1 fully saturated rings. The molecule has 2 aromatic heterocycles. The number of H-pyrrole nitrogens is 2. The van der Waals surface area contributed by atoms with Crippen LogP contribution in [0.5, 0.6) is 0 Å². The monoisotopic (exact) mass is 323 g/mol. The second-order valence-electron chi connectivity index (χ2n) is 6.16. The van der Waals surface area contributed by atoms with E-state index in [4.69, 9.17) is 4.74 Å². The first-order chi connectivity index (χ1) is 11.8. The van der Waals surface area contributed by atoms with Crippen LogP contribution in [-0.2, 0) is 11.3 Å². The van der Waals surface area contributed by atoms with Crippen molar-refractivity contribution in [3.8, 4) is 11.3 Å². The number of nitrogens with zero attached hydrogens (tertiary/aromatic N) is 3. The van der Waals surface area contributed by atoms with Gasteiger partial charge in [-0.15, -0.1) is 0 Å². The second kappa shape index (κ2) is 6.59. The van der Waals surface area contributed by atoms with E-state index in [0.717, 1.165) is 36.6 Å². The Kier molecular flexibility index (Phi) is 4.15. The van der Waals surface area contributed by atoms with Crippen molar-refractivity contribution in [2.75, 3.05) is 19.8 Å². The molecule has 24 heavy (non-hydrogen) atoms. The maximum absolute atomic E-state index is 5.71. The van der Waals surface area contributed by atoms with Crippen LogP contribution in [-0.4, -0.2) is 45.1 Å². The average Bonchev–Trinajstić information content (AvgIpc) is 3.25. The van der Waals surface area contributed by atoms with Gasteiger partial charge in [0.05, 0.1) is 43.0 Å². The first-order valence-corrected chi connectivity index (χ1v) is 8.22. The number of morpholine rings is 1. The summed E-state index contributed by atoms with van der Waals surface area (Å²) in [5, 5.41) is 14.7. The Morgan fingerprint density at radius 3 is 2.79 bits per heavy atom. The van der Waals surface area contributed by atoms with Crippen LogP contribution in [0.1, 0.15) is 22.9 Å². The van der Waals surface area contributed by atoms with E-state index in [1.807, 2.05) is 30.6 Å². The minimum Gasteiger partial charge on any atom is -0.378 e. The average molecular weight is 323 g/mol. The van der Waals surface area contributed by atoms with Crippen molar-refractivity contribution in [2.24, 2.45) is 0 Å². The fraction of sp³-hybridized carbons (Fsp3) is 0.333. The van der Waals surface area contributed by atoms with Crippen molar-refractivity contribution in [3.05, 3.63) is 59.5 Å². The second-order valence-corrected chi connectivity index (χ2v) is 6.16. The standard InChI is InChI=1S/C18H21N5O/c1-13-9-19-21-17(13)16-12-24-8-7-23(16)11-15-10-20-22-18(15)14-5-3-2-4-6-14/h2-6,9-10,16H,7-8,11-12H2,1H3,(H,19,21)(H,20,22)/t16-/m0/s1. The van der Waals surface area contributed by atoms with Crippen LogP contribution >= 0.6 is 0 Å². The molecule has 4 rings (SSSR count). The van der Waals surface area contributed by atoms with Crippen LogP contribution in [0, 0.1) is 6.92 Å². The van der Waals surface area contributed by atoms with E-state index in [9.17, 15) is 0 Å². The molecule has 0 amide bonds. The first kappa shape index (κ1) is 15.1. The van der Waals surface area contributed by atoms with Gasteiger partial charge >= 0.3 is 0 Å². The van der Waals surface area contributed by atoms with Crippen LogP contribution in [0.3, 0.4) is 0 Å². The van der Waals surface area contributed by atoms with Gasteiger partial charge in [0.1, 0.15) is 0 Å². The van der Waals surface area contributed by atoms with Crippen molar-refractivity contribution in [3.63, 3.8) is 0 Å². The molecule has 1 aromatic carbocycles. The number of aryl methyl sites for hydroxylation is 1. The number of nitrogens with one attached hydrogen (secondary N) is 2. The molecule has 2 N–H and O–H groups in total. The summed E-state index contributed by atoms with van der Waals surface area (Å²) in [7, 11) is 0. The highest BCUT2D eigenvalue weighted by Crippen LogP contribution is 2.29. The summed E-state index contributed by atoms with van der Waals surface area (Å²) in [5.41, 5.74) is 5.76. The van der Waals surface area contributed by atoms with E-state index in [0.29, 0.717) is 6.61 Å². The van der Waals surface area contributed by atoms with Crippen LogP contribution in [0.2, 0.25) is 0 Å². The lowest BCUT2D eigenvalue weighted by Crippen LogP contribution is -2.39. The zero-order valence-electron chi connectivity index (χ0n) is 13.7. The maximum Gasteiger partial charge on any atom is 0.0758 e. The molecule has 3 heterocycles. The van der Waals surface area contributed by atoms with Gasteiger partial charge in [-0.1, -0.05) is 30.3 Å². The minimum atomic E-state index is 0.194. The Balaban J connectivity index is 1.60. The van der Waals surface area contributed by atoms with Crippen molar-refractivity contribution in [1.82, 2.24) is 25.3 Å². The van der Waals surface area contributed by atoms with Gasteiger partial charge in [-0.3, -0.25) is 15.1 Å². The normalized spacial score (nSPS) is 18.8. The van der Waals surface area contributed by atoms with E-state index in [1.54, 1.807) is 0 Å². The Morgan fingerprint density at radius 1 is 1.17 bits per heavy atom. The van der Waals surface area contributed by atoms with Gasteiger partial charge in [-0.25, -0.2) is 0 Å². The number of hydrogen-bond acceptors (Lipinski definition) is 4. The number of rotatable bonds is 4. The third kappa shape index (κ3) is 2.86. The van der Waals surface area contributed by atoms with Gasteiger partial charge in [0.2, 0.25) is 0 Å². The Labute approximate surface area is 140 Å². The molecule has 0 saturated carbocycles. The molecule has 0 radical (unpaired) electrons. The van der Waals surface area contributed by atoms with Gasteiger partial charge in [-0.2, -0.15) is 10.2 Å². The molecule has 0 unspecified atom stereocenters. The molecule has 6 heteroatoms. The molecule has 1 atom stereocenters. The maximum atomic E-state index is 5.71. The number of ether oxygens (including phenoxy) is 1. The SMILES string of the molecule is Cc1cn[nH]c1[C@@H]1COCCN1Cc1cn[nH]c1-c1ccccc1. The predicted octanol–water partition coefficient (Wildman–Crippen LogP) is 2.68.